The first-order valence-electron chi connectivity index (χ1n) is 16.4. The highest BCUT2D eigenvalue weighted by Gasteiger charge is 2.55. The van der Waals surface area contributed by atoms with Gasteiger partial charge in [0.25, 0.3) is 0 Å². The van der Waals surface area contributed by atoms with Gasteiger partial charge in [0, 0.05) is 47.8 Å². The molecule has 0 spiro atoms. The number of alkyl halides is 2. The van der Waals surface area contributed by atoms with Crippen molar-refractivity contribution in [2.75, 3.05) is 43.5 Å². The summed E-state index contributed by atoms with van der Waals surface area (Å²) in [7, 11) is 0. The number of nitrogen functional groups attached to an aromatic ring is 1. The van der Waals surface area contributed by atoms with Gasteiger partial charge in [0.05, 0.1) is 48.9 Å². The van der Waals surface area contributed by atoms with Crippen molar-refractivity contribution in [1.82, 2.24) is 19.9 Å². The standard InChI is InChI=1S/C34H32Cl2F2N6O2/c1-3-20-24(35)6-5-18-11-19(39)12-21(26(18)20)29-28(38)30-22(14-40-29)32(43-9-10-45-15-23-27(36)31(23)43)42-33(41-30)46-16-34-7-4-8-44(34)17(2)25(37)13-34/h1,5-6,11-12,14,17,23,25,27,31H,4,7-10,13,15-16,39H2,2H3/t17-,23+,25-,27+,31+,34+/m1/s1/i16D2. The molecule has 1 aliphatic carbocycles. The molecule has 12 heteroatoms. The number of nitrogens with two attached hydrogens (primary N) is 1. The van der Waals surface area contributed by atoms with Crippen LogP contribution < -0.4 is 15.4 Å². The molecule has 8 nitrogen and oxygen atoms in total. The summed E-state index contributed by atoms with van der Waals surface area (Å²) >= 11 is 13.1. The summed E-state index contributed by atoms with van der Waals surface area (Å²) < 4.78 is 62.2. The van der Waals surface area contributed by atoms with E-state index in [0.717, 1.165) is 0 Å². The van der Waals surface area contributed by atoms with Crippen molar-refractivity contribution in [1.29, 1.82) is 0 Å². The van der Waals surface area contributed by atoms with Crippen LogP contribution in [0.3, 0.4) is 0 Å². The molecule has 46 heavy (non-hydrogen) atoms. The number of hydrogen-bond donors (Lipinski definition) is 1. The fraction of sp³-hybridized carbons (Fsp3) is 0.441. The van der Waals surface area contributed by atoms with Gasteiger partial charge in [-0.2, -0.15) is 9.97 Å². The maximum atomic E-state index is 17.0. The number of rotatable bonds is 5. The Bertz CT molecular complexity index is 2030. The maximum absolute atomic E-state index is 17.0. The van der Waals surface area contributed by atoms with Crippen molar-refractivity contribution in [2.24, 2.45) is 5.92 Å². The van der Waals surface area contributed by atoms with Gasteiger partial charge in [-0.05, 0) is 49.9 Å². The second kappa shape index (κ2) is 11.1. The Morgan fingerprint density at radius 3 is 2.98 bits per heavy atom. The highest BCUT2D eigenvalue weighted by atomic mass is 35.5. The van der Waals surface area contributed by atoms with E-state index in [2.05, 4.69) is 20.9 Å². The Balaban J connectivity index is 1.32. The third-order valence-corrected chi connectivity index (χ3v) is 10.9. The molecule has 3 saturated heterocycles. The predicted octanol–water partition coefficient (Wildman–Crippen LogP) is 5.99. The zero-order valence-corrected chi connectivity index (χ0v) is 26.5. The second-order valence-corrected chi connectivity index (χ2v) is 13.5. The fourth-order valence-electron chi connectivity index (χ4n) is 7.65. The molecule has 2 N–H and O–H groups in total. The van der Waals surface area contributed by atoms with E-state index in [-0.39, 0.29) is 46.4 Å². The molecule has 4 fully saturated rings. The van der Waals surface area contributed by atoms with Crippen LogP contribution in [0.5, 0.6) is 6.01 Å². The molecule has 0 amide bonds. The monoisotopic (exact) mass is 666 g/mol. The van der Waals surface area contributed by atoms with E-state index in [4.69, 9.17) is 47.6 Å². The molecule has 4 aromatic rings. The molecule has 238 valence electrons. The lowest BCUT2D eigenvalue weighted by Gasteiger charge is -2.33. The van der Waals surface area contributed by atoms with Gasteiger partial charge in [0.2, 0.25) is 0 Å². The molecule has 1 saturated carbocycles. The number of nitrogens with zero attached hydrogens (tertiary/aromatic N) is 5. The van der Waals surface area contributed by atoms with Gasteiger partial charge in [0.1, 0.15) is 29.8 Å². The summed E-state index contributed by atoms with van der Waals surface area (Å²) in [6, 6.07) is 5.71. The van der Waals surface area contributed by atoms with E-state index in [1.165, 1.54) is 6.20 Å². The third-order valence-electron chi connectivity index (χ3n) is 10.0. The molecular weight excluding hydrogens is 633 g/mol. The normalized spacial score (nSPS) is 30.0. The van der Waals surface area contributed by atoms with Crippen LogP contribution in [0.4, 0.5) is 20.3 Å². The van der Waals surface area contributed by atoms with Crippen LogP contribution in [0.15, 0.2) is 30.5 Å². The predicted molar refractivity (Wildman–Crippen MR) is 176 cm³/mol. The van der Waals surface area contributed by atoms with Crippen LogP contribution in [0.1, 0.15) is 34.5 Å². The number of aromatic nitrogens is 3. The van der Waals surface area contributed by atoms with Crippen LogP contribution >= 0.6 is 23.2 Å². The molecular formula is C34H32Cl2F2N6O2. The summed E-state index contributed by atoms with van der Waals surface area (Å²) in [5.41, 5.74) is 5.84. The van der Waals surface area contributed by atoms with Gasteiger partial charge in [-0.3, -0.25) is 9.88 Å². The number of anilines is 2. The molecule has 8 rings (SSSR count). The highest BCUT2D eigenvalue weighted by Crippen LogP contribution is 2.47. The van der Waals surface area contributed by atoms with Crippen molar-refractivity contribution in [3.05, 3.63) is 46.9 Å². The molecule has 2 aromatic carbocycles. The van der Waals surface area contributed by atoms with Crippen molar-refractivity contribution in [3.63, 3.8) is 0 Å². The van der Waals surface area contributed by atoms with Crippen molar-refractivity contribution in [3.8, 4) is 29.6 Å². The summed E-state index contributed by atoms with van der Waals surface area (Å²) in [5, 5.41) is 1.53. The molecule has 6 atom stereocenters. The van der Waals surface area contributed by atoms with Crippen molar-refractivity contribution < 1.29 is 21.0 Å². The largest absolute Gasteiger partial charge is 0.461 e. The Labute approximate surface area is 278 Å². The number of benzene rings is 2. The Morgan fingerprint density at radius 1 is 1.30 bits per heavy atom. The molecule has 4 aliphatic rings. The number of terminal acetylenes is 1. The van der Waals surface area contributed by atoms with E-state index in [1.54, 1.807) is 31.2 Å². The summed E-state index contributed by atoms with van der Waals surface area (Å²) in [4.78, 5) is 17.5. The zero-order valence-electron chi connectivity index (χ0n) is 26.9. The van der Waals surface area contributed by atoms with Crippen LogP contribution in [-0.2, 0) is 4.74 Å². The highest BCUT2D eigenvalue weighted by molar-refractivity contribution is 6.33. The molecule has 2 aromatic heterocycles. The van der Waals surface area contributed by atoms with Crippen molar-refractivity contribution in [2.45, 2.75) is 55.4 Å². The topological polar surface area (TPSA) is 89.6 Å². The van der Waals surface area contributed by atoms with E-state index >= 15 is 8.78 Å². The van der Waals surface area contributed by atoms with Crippen LogP contribution in [0.25, 0.3) is 32.9 Å². The maximum Gasteiger partial charge on any atom is 0.319 e. The Hall–Kier alpha value is -3.49. The van der Waals surface area contributed by atoms with Crippen LogP contribution in [0, 0.1) is 24.1 Å². The van der Waals surface area contributed by atoms with Crippen molar-refractivity contribution >= 4 is 56.4 Å². The Morgan fingerprint density at radius 2 is 2.15 bits per heavy atom. The van der Waals surface area contributed by atoms with E-state index in [9.17, 15) is 0 Å². The van der Waals surface area contributed by atoms with E-state index in [0.29, 0.717) is 77.6 Å². The van der Waals surface area contributed by atoms with Gasteiger partial charge >= 0.3 is 6.01 Å². The fourth-order valence-corrected chi connectivity index (χ4v) is 8.32. The van der Waals surface area contributed by atoms with Gasteiger partial charge in [-0.25, -0.2) is 8.78 Å². The third kappa shape index (κ3) is 4.58. The second-order valence-electron chi connectivity index (χ2n) is 12.6. The number of ether oxygens (including phenoxy) is 2. The van der Waals surface area contributed by atoms with E-state index < -0.39 is 30.1 Å². The Kier molecular flexibility index (Phi) is 6.63. The summed E-state index contributed by atoms with van der Waals surface area (Å²) in [5.74, 6) is 2.13. The van der Waals surface area contributed by atoms with Gasteiger partial charge in [-0.1, -0.05) is 23.6 Å². The first-order chi connectivity index (χ1) is 23.0. The minimum atomic E-state index is -2.41. The number of fused-ring (bicyclic) bond motifs is 4. The molecule has 5 heterocycles. The first kappa shape index (κ1) is 27.6. The minimum Gasteiger partial charge on any atom is -0.461 e. The van der Waals surface area contributed by atoms with Gasteiger partial charge in [-0.15, -0.1) is 18.0 Å². The first-order valence-corrected chi connectivity index (χ1v) is 16.2. The molecule has 0 unspecified atom stereocenters. The average Bonchev–Trinajstić information content (AvgIpc) is 3.45. The SMILES string of the molecule is [2H]C([2H])(Oc1nc(N2CCOC[C@H]3[C@H](Cl)[C@H]32)c2cnc(-c3cc(N)cc4ccc(Cl)c(C#C)c34)c(F)c2n1)[C@@]12CCCN1[C@H](C)[C@H](F)C2. The lowest BCUT2D eigenvalue weighted by Crippen LogP contribution is -2.46. The quantitative estimate of drug-likeness (QED) is 0.158. The molecule has 3 aliphatic heterocycles. The van der Waals surface area contributed by atoms with Crippen LogP contribution in [-0.4, -0.2) is 81.9 Å². The average molecular weight is 668 g/mol. The zero-order chi connectivity index (χ0) is 33.7. The van der Waals surface area contributed by atoms with E-state index in [1.807, 2.05) is 9.80 Å². The number of pyridine rings is 1. The van der Waals surface area contributed by atoms with Crippen LogP contribution in [0.2, 0.25) is 5.02 Å². The minimum absolute atomic E-state index is 0.0325. The smallest absolute Gasteiger partial charge is 0.319 e. The lowest BCUT2D eigenvalue weighted by molar-refractivity contribution is 0.0879. The number of hydrogen-bond acceptors (Lipinski definition) is 8. The molecule has 0 radical (unpaired) electrons. The van der Waals surface area contributed by atoms with Gasteiger partial charge in [0.15, 0.2) is 5.82 Å². The lowest BCUT2D eigenvalue weighted by atomic mass is 9.94. The molecule has 0 bridgehead atoms. The number of halogens is 4. The van der Waals surface area contributed by atoms with Gasteiger partial charge < -0.3 is 20.1 Å². The summed E-state index contributed by atoms with van der Waals surface area (Å²) in [6.45, 7) is 1.16. The summed E-state index contributed by atoms with van der Waals surface area (Å²) in [6.07, 6.45) is 7.17.